The second-order valence-corrected chi connectivity index (χ2v) is 7.76. The molecule has 0 fully saturated rings. The molecule has 0 unspecified atom stereocenters. The van der Waals surface area contributed by atoms with Gasteiger partial charge >= 0.3 is 0 Å². The molecule has 7 nitrogen and oxygen atoms in total. The van der Waals surface area contributed by atoms with E-state index in [1.165, 1.54) is 11.3 Å². The zero-order valence-corrected chi connectivity index (χ0v) is 17.0. The molecular weight excluding hydrogens is 402 g/mol. The quantitative estimate of drug-likeness (QED) is 0.505. The Kier molecular flexibility index (Phi) is 4.55. The van der Waals surface area contributed by atoms with Gasteiger partial charge in [0.05, 0.1) is 23.5 Å². The number of hydrogen-bond acceptors (Lipinski definition) is 7. The number of hydrogen-bond donors (Lipinski definition) is 2. The van der Waals surface area contributed by atoms with Gasteiger partial charge in [-0.2, -0.15) is 0 Å². The predicted octanol–water partition coefficient (Wildman–Crippen LogP) is 4.45. The van der Waals surface area contributed by atoms with Crippen molar-refractivity contribution in [3.63, 3.8) is 0 Å². The topological polar surface area (TPSA) is 95.7 Å². The molecule has 5 rings (SSSR count). The first kappa shape index (κ1) is 18.5. The van der Waals surface area contributed by atoms with Crippen molar-refractivity contribution in [1.29, 1.82) is 0 Å². The standard InChI is InChI=1S/C22H19N3O4S/c1-2-27-16-6-4-3-5-14(16)24-21(26)20-19(23)13-9-12-10-17-18(29-8-7-28-17)11-15(12)25-22(13)30-20/h3-6,9-11H,2,7-8,23H2,1H3,(H,24,26). The third kappa shape index (κ3) is 3.15. The van der Waals surface area contributed by atoms with Gasteiger partial charge < -0.3 is 25.3 Å². The number of carbonyl (C=O) groups excluding carboxylic acids is 1. The molecule has 0 bridgehead atoms. The number of nitrogens with one attached hydrogen (secondary N) is 1. The van der Waals surface area contributed by atoms with Crippen molar-refractivity contribution in [2.75, 3.05) is 30.9 Å². The van der Waals surface area contributed by atoms with Gasteiger partial charge in [-0.15, -0.1) is 11.3 Å². The Bertz CT molecular complexity index is 1280. The summed E-state index contributed by atoms with van der Waals surface area (Å²) in [5.41, 5.74) is 8.11. The van der Waals surface area contributed by atoms with E-state index in [1.54, 1.807) is 6.07 Å². The third-order valence-corrected chi connectivity index (χ3v) is 5.93. The largest absolute Gasteiger partial charge is 0.492 e. The molecular formula is C22H19N3O4S. The number of rotatable bonds is 4. The molecule has 30 heavy (non-hydrogen) atoms. The van der Waals surface area contributed by atoms with Crippen LogP contribution in [0.25, 0.3) is 21.1 Å². The molecule has 8 heteroatoms. The average Bonchev–Trinajstić information content (AvgIpc) is 3.08. The van der Waals surface area contributed by atoms with E-state index in [2.05, 4.69) is 5.32 Å². The van der Waals surface area contributed by atoms with Crippen molar-refractivity contribution in [3.05, 3.63) is 47.3 Å². The van der Waals surface area contributed by atoms with Crippen LogP contribution < -0.4 is 25.3 Å². The maximum atomic E-state index is 13.0. The molecule has 1 aliphatic rings. The molecule has 2 aromatic heterocycles. The fourth-order valence-electron chi connectivity index (χ4n) is 3.44. The van der Waals surface area contributed by atoms with Crippen LogP contribution in [0.2, 0.25) is 0 Å². The second-order valence-electron chi connectivity index (χ2n) is 6.76. The lowest BCUT2D eigenvalue weighted by Gasteiger charge is -2.18. The Labute approximate surface area is 176 Å². The molecule has 0 spiro atoms. The van der Waals surface area contributed by atoms with E-state index in [1.807, 2.05) is 43.3 Å². The fourth-order valence-corrected chi connectivity index (χ4v) is 4.42. The van der Waals surface area contributed by atoms with Crippen molar-refractivity contribution in [2.24, 2.45) is 0 Å². The molecule has 2 aromatic carbocycles. The summed E-state index contributed by atoms with van der Waals surface area (Å²) in [6.07, 6.45) is 0. The molecule has 152 valence electrons. The van der Waals surface area contributed by atoms with Gasteiger partial charge in [-0.05, 0) is 31.2 Å². The minimum absolute atomic E-state index is 0.294. The highest BCUT2D eigenvalue weighted by molar-refractivity contribution is 7.21. The Balaban J connectivity index is 1.54. The molecule has 0 aliphatic carbocycles. The number of nitrogens with zero attached hydrogens (tertiary/aromatic N) is 1. The van der Waals surface area contributed by atoms with E-state index in [4.69, 9.17) is 24.9 Å². The monoisotopic (exact) mass is 421 g/mol. The van der Waals surface area contributed by atoms with Gasteiger partial charge in [-0.25, -0.2) is 4.98 Å². The number of ether oxygens (including phenoxy) is 3. The zero-order chi connectivity index (χ0) is 20.7. The minimum atomic E-state index is -0.294. The normalized spacial score (nSPS) is 12.8. The van der Waals surface area contributed by atoms with Crippen LogP contribution in [-0.4, -0.2) is 30.7 Å². The van der Waals surface area contributed by atoms with E-state index in [-0.39, 0.29) is 5.91 Å². The molecule has 1 aliphatic heterocycles. The van der Waals surface area contributed by atoms with Crippen LogP contribution in [0.4, 0.5) is 11.4 Å². The fraction of sp³-hybridized carbons (Fsp3) is 0.182. The number of fused-ring (bicyclic) bond motifs is 3. The number of amides is 1. The van der Waals surface area contributed by atoms with Gasteiger partial charge in [-0.3, -0.25) is 4.79 Å². The second kappa shape index (κ2) is 7.38. The van der Waals surface area contributed by atoms with Crippen molar-refractivity contribution in [1.82, 2.24) is 4.98 Å². The number of carbonyl (C=O) groups is 1. The van der Waals surface area contributed by atoms with Crippen LogP contribution in [0.5, 0.6) is 17.2 Å². The van der Waals surface area contributed by atoms with Gasteiger partial charge in [0.15, 0.2) is 11.5 Å². The average molecular weight is 421 g/mol. The molecule has 1 amide bonds. The molecule has 4 aromatic rings. The third-order valence-electron chi connectivity index (χ3n) is 4.82. The van der Waals surface area contributed by atoms with Crippen LogP contribution in [-0.2, 0) is 0 Å². The van der Waals surface area contributed by atoms with Gasteiger partial charge in [0, 0.05) is 16.8 Å². The minimum Gasteiger partial charge on any atom is -0.492 e. The summed E-state index contributed by atoms with van der Waals surface area (Å²) in [5, 5.41) is 4.52. The first-order valence-corrected chi connectivity index (χ1v) is 10.4. The van der Waals surface area contributed by atoms with Crippen molar-refractivity contribution < 1.29 is 19.0 Å². The van der Waals surface area contributed by atoms with E-state index in [9.17, 15) is 4.79 Å². The number of nitrogens with two attached hydrogens (primary N) is 1. The Morgan fingerprint density at radius 2 is 1.97 bits per heavy atom. The van der Waals surface area contributed by atoms with Crippen molar-refractivity contribution >= 4 is 49.7 Å². The summed E-state index contributed by atoms with van der Waals surface area (Å²) in [4.78, 5) is 18.8. The lowest BCUT2D eigenvalue weighted by atomic mass is 10.1. The number of benzene rings is 2. The SMILES string of the molecule is CCOc1ccccc1NC(=O)c1sc2nc3cc4c(cc3cc2c1N)OCCO4. The Hall–Kier alpha value is -3.52. The highest BCUT2D eigenvalue weighted by Gasteiger charge is 2.20. The molecule has 0 radical (unpaired) electrons. The lowest BCUT2D eigenvalue weighted by molar-refractivity contribution is 0.103. The summed E-state index contributed by atoms with van der Waals surface area (Å²) >= 11 is 1.26. The smallest absolute Gasteiger partial charge is 0.268 e. The Morgan fingerprint density at radius 3 is 2.77 bits per heavy atom. The first-order valence-electron chi connectivity index (χ1n) is 9.59. The molecule has 0 saturated carbocycles. The van der Waals surface area contributed by atoms with Crippen molar-refractivity contribution in [2.45, 2.75) is 6.92 Å². The maximum Gasteiger partial charge on any atom is 0.268 e. The van der Waals surface area contributed by atoms with Gasteiger partial charge in [0.1, 0.15) is 28.7 Å². The highest BCUT2D eigenvalue weighted by Crippen LogP contribution is 2.39. The van der Waals surface area contributed by atoms with E-state index < -0.39 is 0 Å². The van der Waals surface area contributed by atoms with Crippen molar-refractivity contribution in [3.8, 4) is 17.2 Å². The first-order chi connectivity index (χ1) is 14.6. The number of para-hydroxylation sites is 2. The predicted molar refractivity (Wildman–Crippen MR) is 118 cm³/mol. The summed E-state index contributed by atoms with van der Waals surface area (Å²) in [6.45, 7) is 3.43. The van der Waals surface area contributed by atoms with Crippen LogP contribution in [0.15, 0.2) is 42.5 Å². The molecule has 3 N–H and O–H groups in total. The van der Waals surface area contributed by atoms with Gasteiger partial charge in [0.25, 0.3) is 5.91 Å². The van der Waals surface area contributed by atoms with Crippen LogP contribution >= 0.6 is 11.3 Å². The van der Waals surface area contributed by atoms with E-state index in [0.717, 1.165) is 16.3 Å². The summed E-state index contributed by atoms with van der Waals surface area (Å²) < 4.78 is 16.9. The number of nitrogen functional groups attached to an aromatic ring is 1. The lowest BCUT2D eigenvalue weighted by Crippen LogP contribution is -2.15. The van der Waals surface area contributed by atoms with Gasteiger partial charge in [-0.1, -0.05) is 12.1 Å². The van der Waals surface area contributed by atoms with Crippen LogP contribution in [0.3, 0.4) is 0 Å². The number of anilines is 2. The molecule has 3 heterocycles. The Morgan fingerprint density at radius 1 is 1.20 bits per heavy atom. The number of aromatic nitrogens is 1. The summed E-state index contributed by atoms with van der Waals surface area (Å²) in [7, 11) is 0. The molecule has 0 saturated heterocycles. The molecule has 0 atom stereocenters. The maximum absolute atomic E-state index is 13.0. The van der Waals surface area contributed by atoms with Crippen LogP contribution in [0, 0.1) is 0 Å². The van der Waals surface area contributed by atoms with Gasteiger partial charge in [0.2, 0.25) is 0 Å². The summed E-state index contributed by atoms with van der Waals surface area (Å²) in [5.74, 6) is 1.69. The van der Waals surface area contributed by atoms with E-state index >= 15 is 0 Å². The zero-order valence-electron chi connectivity index (χ0n) is 16.2. The summed E-state index contributed by atoms with van der Waals surface area (Å²) in [6, 6.07) is 13.0. The van der Waals surface area contributed by atoms with E-state index in [0.29, 0.717) is 58.2 Å². The highest BCUT2D eigenvalue weighted by atomic mass is 32.1. The van der Waals surface area contributed by atoms with Crippen LogP contribution in [0.1, 0.15) is 16.6 Å². The number of pyridine rings is 1. The number of thiophene rings is 1.